The number of nitrogens with one attached hydrogen (secondary N) is 1. The van der Waals surface area contributed by atoms with Gasteiger partial charge in [-0.25, -0.2) is 0 Å². The van der Waals surface area contributed by atoms with Gasteiger partial charge in [0.15, 0.2) is 0 Å². The van der Waals surface area contributed by atoms with Crippen LogP contribution in [0, 0.1) is 7.43 Å². The Bertz CT molecular complexity index is 376. The Hall–Kier alpha value is -0.796. The zero-order chi connectivity index (χ0) is 11.8. The van der Waals surface area contributed by atoms with Crippen LogP contribution in [0.25, 0.3) is 11.8 Å². The molecule has 0 atom stereocenters. The molecule has 17 heavy (non-hydrogen) atoms. The Morgan fingerprint density at radius 2 is 1.94 bits per heavy atom. The maximum absolute atomic E-state index is 10.8. The van der Waals surface area contributed by atoms with E-state index in [9.17, 15) is 4.79 Å². The zero-order valence-electron chi connectivity index (χ0n) is 10.7. The van der Waals surface area contributed by atoms with Crippen LogP contribution >= 0.6 is 0 Å². The molecule has 0 bridgehead atoms. The topological polar surface area (TPSA) is 53.2 Å². The minimum atomic E-state index is -0.758. The van der Waals surface area contributed by atoms with E-state index in [0.717, 1.165) is 0 Å². The third kappa shape index (κ3) is 5.90. The summed E-state index contributed by atoms with van der Waals surface area (Å²) in [6.07, 6.45) is 1.58. The van der Waals surface area contributed by atoms with Crippen LogP contribution in [0.4, 0.5) is 5.69 Å². The minimum absolute atomic E-state index is 0. The number of benzene rings is 1. The molecule has 0 aliphatic rings. The fourth-order valence-electron chi connectivity index (χ4n) is 1.09. The number of para-hydroxylation sites is 1. The summed E-state index contributed by atoms with van der Waals surface area (Å²) in [5, 5.41) is 0. The third-order valence-corrected chi connectivity index (χ3v) is 1.69. The van der Waals surface area contributed by atoms with E-state index < -0.39 is 5.91 Å². The minimum Gasteiger partial charge on any atom is -0.663 e. The number of carbonyl (C=O) groups excluding carboxylic acids is 1. The Morgan fingerprint density at radius 1 is 1.41 bits per heavy atom. The molecule has 0 aromatic heterocycles. The fraction of sp³-hybridized carbons (Fsp3) is 0.154. The first-order valence-corrected chi connectivity index (χ1v) is 4.68. The molecule has 0 saturated carbocycles. The van der Waals surface area contributed by atoms with Crippen molar-refractivity contribution in [3.63, 3.8) is 0 Å². The first-order chi connectivity index (χ1) is 7.20. The predicted octanol–water partition coefficient (Wildman–Crippen LogP) is 4.33. The van der Waals surface area contributed by atoms with Gasteiger partial charge in [0.25, 0.3) is 0 Å². The number of hydrogen-bond acceptors (Lipinski definition) is 2. The quantitative estimate of drug-likeness (QED) is 0.606. The Labute approximate surface area is 129 Å². The molecular weight excluding hydrogens is 289 g/mol. The second-order valence-corrected chi connectivity index (χ2v) is 2.43. The van der Waals surface area contributed by atoms with Crippen LogP contribution in [0.15, 0.2) is 29.8 Å². The number of rotatable bonds is 3. The SMILES string of the molecule is C=Cc1cccc(C([NH-])=O)c1N=C.CC.[CH3-].[Y]. The Kier molecular flexibility index (Phi) is 14.8. The summed E-state index contributed by atoms with van der Waals surface area (Å²) < 4.78 is 0. The van der Waals surface area contributed by atoms with Gasteiger partial charge in [0.2, 0.25) is 0 Å². The summed E-state index contributed by atoms with van der Waals surface area (Å²) in [6.45, 7) is 10.9. The van der Waals surface area contributed by atoms with E-state index in [-0.39, 0.29) is 45.7 Å². The summed E-state index contributed by atoms with van der Waals surface area (Å²) in [4.78, 5) is 14.5. The van der Waals surface area contributed by atoms with Crippen LogP contribution in [-0.4, -0.2) is 12.6 Å². The van der Waals surface area contributed by atoms with E-state index in [2.05, 4.69) is 18.3 Å². The van der Waals surface area contributed by atoms with Gasteiger partial charge in [-0.05, 0) is 6.72 Å². The molecule has 0 spiro atoms. The molecule has 0 saturated heterocycles. The second kappa shape index (κ2) is 11.7. The molecule has 1 aromatic carbocycles. The number of hydrogen-bond donors (Lipinski definition) is 0. The molecule has 0 heterocycles. The van der Waals surface area contributed by atoms with Gasteiger partial charge in [0.05, 0.1) is 11.6 Å². The van der Waals surface area contributed by atoms with Crippen molar-refractivity contribution in [1.29, 1.82) is 0 Å². The predicted molar refractivity (Wildman–Crippen MR) is 72.2 cm³/mol. The van der Waals surface area contributed by atoms with Crippen LogP contribution in [-0.2, 0) is 32.7 Å². The molecule has 3 nitrogen and oxygen atoms in total. The van der Waals surface area contributed by atoms with Crippen molar-refractivity contribution in [2.45, 2.75) is 13.8 Å². The summed E-state index contributed by atoms with van der Waals surface area (Å²) in [5.41, 5.74) is 8.37. The molecule has 1 rings (SSSR count). The summed E-state index contributed by atoms with van der Waals surface area (Å²) in [5.74, 6) is -0.758. The van der Waals surface area contributed by atoms with Crippen LogP contribution in [0.3, 0.4) is 0 Å². The average molecular weight is 307 g/mol. The molecule has 0 aliphatic heterocycles. The molecule has 91 valence electrons. The van der Waals surface area contributed by atoms with E-state index in [1.54, 1.807) is 24.3 Å². The van der Waals surface area contributed by atoms with Crippen LogP contribution in [0.1, 0.15) is 29.8 Å². The van der Waals surface area contributed by atoms with E-state index in [4.69, 9.17) is 5.73 Å². The van der Waals surface area contributed by atoms with Gasteiger partial charge in [-0.2, -0.15) is 0 Å². The Balaban J connectivity index is -0.000000464. The van der Waals surface area contributed by atoms with Gasteiger partial charge in [-0.3, -0.25) is 4.99 Å². The zero-order valence-corrected chi connectivity index (χ0v) is 13.5. The number of nitrogens with zero attached hydrogens (tertiary/aromatic N) is 1. The average Bonchev–Trinajstić information content (AvgIpc) is 2.30. The normalized spacial score (nSPS) is 7.41. The van der Waals surface area contributed by atoms with Crippen molar-refractivity contribution >= 4 is 24.4 Å². The van der Waals surface area contributed by atoms with E-state index in [1.807, 2.05) is 13.8 Å². The van der Waals surface area contributed by atoms with E-state index in [1.165, 1.54) is 0 Å². The summed E-state index contributed by atoms with van der Waals surface area (Å²) in [6, 6.07) is 5.00. The van der Waals surface area contributed by atoms with Crippen LogP contribution < -0.4 is 0 Å². The molecule has 1 N–H and O–H groups in total. The maximum atomic E-state index is 10.8. The summed E-state index contributed by atoms with van der Waals surface area (Å²) in [7, 11) is 0. The summed E-state index contributed by atoms with van der Waals surface area (Å²) >= 11 is 0. The van der Waals surface area contributed by atoms with Gasteiger partial charge >= 0.3 is 0 Å². The number of carbonyl (C=O) groups is 1. The Morgan fingerprint density at radius 3 is 2.29 bits per heavy atom. The van der Waals surface area contributed by atoms with Gasteiger partial charge in [-0.1, -0.05) is 44.7 Å². The molecule has 0 unspecified atom stereocenters. The molecule has 1 amide bonds. The third-order valence-electron chi connectivity index (χ3n) is 1.69. The monoisotopic (exact) mass is 307 g/mol. The molecule has 1 radical (unpaired) electrons. The van der Waals surface area contributed by atoms with Gasteiger partial charge < -0.3 is 18.0 Å². The molecule has 0 fully saturated rings. The number of aliphatic imine (C=N–C) groups is 1. The van der Waals surface area contributed by atoms with E-state index in [0.29, 0.717) is 11.3 Å². The van der Waals surface area contributed by atoms with Crippen molar-refractivity contribution in [2.24, 2.45) is 4.99 Å². The van der Waals surface area contributed by atoms with Crippen LogP contribution in [0.2, 0.25) is 0 Å². The second-order valence-electron chi connectivity index (χ2n) is 2.43. The standard InChI is InChI=1S/C10H10N2O.C2H6.CH3.Y/c1-3-7-5-4-6-8(10(11)13)9(7)12-2;1-2;;/h3-6H,1-2H2,(H2,11,13);1-2H3;1H3;/q;;-1;/p-1. The smallest absolute Gasteiger partial charge is 0.0818 e. The van der Waals surface area contributed by atoms with Crippen LogP contribution in [0.5, 0.6) is 0 Å². The first-order valence-electron chi connectivity index (χ1n) is 4.68. The van der Waals surface area contributed by atoms with Gasteiger partial charge in [0, 0.05) is 43.8 Å². The molecule has 1 aromatic rings. The molecular formula is C13H18N2OY-2. The van der Waals surface area contributed by atoms with Crippen molar-refractivity contribution in [3.05, 3.63) is 49.1 Å². The van der Waals surface area contributed by atoms with Crippen molar-refractivity contribution in [3.8, 4) is 0 Å². The van der Waals surface area contributed by atoms with Gasteiger partial charge in [-0.15, -0.1) is 0 Å². The molecule has 4 heteroatoms. The van der Waals surface area contributed by atoms with Crippen molar-refractivity contribution in [2.75, 3.05) is 0 Å². The molecule has 0 aliphatic carbocycles. The van der Waals surface area contributed by atoms with Crippen molar-refractivity contribution < 1.29 is 37.5 Å². The largest absolute Gasteiger partial charge is 0.663 e. The maximum Gasteiger partial charge on any atom is 0.0818 e. The number of amides is 1. The van der Waals surface area contributed by atoms with Gasteiger partial charge in [0.1, 0.15) is 0 Å². The fourth-order valence-corrected chi connectivity index (χ4v) is 1.09. The van der Waals surface area contributed by atoms with Crippen molar-refractivity contribution in [1.82, 2.24) is 0 Å². The van der Waals surface area contributed by atoms with E-state index >= 15 is 0 Å². The first kappa shape index (κ1) is 21.5.